The lowest BCUT2D eigenvalue weighted by Gasteiger charge is -2.15. The fraction of sp³-hybridized carbons (Fsp3) is 0.286. The fourth-order valence-electron chi connectivity index (χ4n) is 2.82. The van der Waals surface area contributed by atoms with Crippen LogP contribution in [0.2, 0.25) is 0 Å². The average molecular weight is 398 g/mol. The van der Waals surface area contributed by atoms with Crippen molar-refractivity contribution in [2.75, 3.05) is 11.9 Å². The van der Waals surface area contributed by atoms with Crippen molar-refractivity contribution in [2.45, 2.75) is 32.9 Å². The van der Waals surface area contributed by atoms with Gasteiger partial charge in [0.05, 0.1) is 24.2 Å². The highest BCUT2D eigenvalue weighted by molar-refractivity contribution is 5.96. The molecule has 0 bridgehead atoms. The Morgan fingerprint density at radius 2 is 1.86 bits per heavy atom. The molecule has 0 saturated carbocycles. The molecule has 0 aliphatic carbocycles. The minimum absolute atomic E-state index is 0.0728. The van der Waals surface area contributed by atoms with Crippen molar-refractivity contribution in [1.29, 1.82) is 0 Å². The molecule has 0 radical (unpaired) electrons. The van der Waals surface area contributed by atoms with E-state index >= 15 is 0 Å². The van der Waals surface area contributed by atoms with Crippen LogP contribution in [-0.4, -0.2) is 29.2 Å². The van der Waals surface area contributed by atoms with Crippen molar-refractivity contribution in [2.24, 2.45) is 0 Å². The number of fused-ring (bicyclic) bond motifs is 1. The van der Waals surface area contributed by atoms with E-state index in [1.54, 1.807) is 48.5 Å². The van der Waals surface area contributed by atoms with Crippen molar-refractivity contribution in [1.82, 2.24) is 4.57 Å². The van der Waals surface area contributed by atoms with Gasteiger partial charge in [-0.3, -0.25) is 14.2 Å². The molecule has 0 aliphatic rings. The summed E-state index contributed by atoms with van der Waals surface area (Å²) in [6, 6.07) is 14.0. The van der Waals surface area contributed by atoms with E-state index in [9.17, 15) is 14.4 Å². The third kappa shape index (κ3) is 4.84. The first-order chi connectivity index (χ1) is 14.0. The third-order valence-electron chi connectivity index (χ3n) is 4.24. The molecule has 2 aromatic carbocycles. The van der Waals surface area contributed by atoms with Crippen LogP contribution in [0.1, 0.15) is 20.3 Å². The maximum atomic E-state index is 12.4. The normalized spacial score (nSPS) is 11.8. The Labute approximate surface area is 167 Å². The number of nitrogens with one attached hydrogen (secondary N) is 1. The molecule has 1 heterocycles. The van der Waals surface area contributed by atoms with Crippen LogP contribution >= 0.6 is 0 Å². The van der Waals surface area contributed by atoms with E-state index in [4.69, 9.17) is 13.9 Å². The molecule has 0 aliphatic heterocycles. The van der Waals surface area contributed by atoms with Gasteiger partial charge in [-0.05, 0) is 38.1 Å². The number of ether oxygens (including phenoxy) is 2. The summed E-state index contributed by atoms with van der Waals surface area (Å²) in [5.74, 6) is -1.08. The minimum atomic E-state index is -1.00. The highest BCUT2D eigenvalue weighted by Gasteiger charge is 2.20. The molecule has 1 N–H and O–H groups in total. The second-order valence-electron chi connectivity index (χ2n) is 6.29. The largest absolute Gasteiger partial charge is 0.492 e. The molecular formula is C21H22N2O6. The van der Waals surface area contributed by atoms with Gasteiger partial charge in [0.25, 0.3) is 5.91 Å². The lowest BCUT2D eigenvalue weighted by molar-refractivity contribution is -0.153. The zero-order valence-corrected chi connectivity index (χ0v) is 16.2. The summed E-state index contributed by atoms with van der Waals surface area (Å²) in [6.45, 7) is 3.88. The minimum Gasteiger partial charge on any atom is -0.492 e. The summed E-state index contributed by atoms with van der Waals surface area (Å²) in [5, 5.41) is 2.69. The molecule has 1 atom stereocenters. The molecule has 29 heavy (non-hydrogen) atoms. The maximum Gasteiger partial charge on any atom is 0.419 e. The predicted octanol–water partition coefficient (Wildman–Crippen LogP) is 2.95. The Morgan fingerprint density at radius 3 is 2.66 bits per heavy atom. The van der Waals surface area contributed by atoms with E-state index < -0.39 is 23.7 Å². The summed E-state index contributed by atoms with van der Waals surface area (Å²) < 4.78 is 17.1. The summed E-state index contributed by atoms with van der Waals surface area (Å²) in [7, 11) is 0. The lowest BCUT2D eigenvalue weighted by Crippen LogP contribution is -2.30. The Morgan fingerprint density at radius 1 is 1.14 bits per heavy atom. The van der Waals surface area contributed by atoms with Crippen LogP contribution in [0.5, 0.6) is 5.75 Å². The monoisotopic (exact) mass is 398 g/mol. The summed E-state index contributed by atoms with van der Waals surface area (Å²) in [6.07, 6.45) is -1.08. The van der Waals surface area contributed by atoms with Gasteiger partial charge in [0.15, 0.2) is 11.7 Å². The molecule has 1 amide bonds. The van der Waals surface area contributed by atoms with Crippen LogP contribution in [0.15, 0.2) is 57.7 Å². The van der Waals surface area contributed by atoms with Gasteiger partial charge in [-0.15, -0.1) is 0 Å². The molecule has 3 aromatic rings. The predicted molar refractivity (Wildman–Crippen MR) is 107 cm³/mol. The number of hydrogen-bond acceptors (Lipinski definition) is 6. The maximum absolute atomic E-state index is 12.4. The number of amides is 1. The Kier molecular flexibility index (Phi) is 6.33. The van der Waals surface area contributed by atoms with Crippen LogP contribution in [0.3, 0.4) is 0 Å². The molecule has 3 rings (SSSR count). The van der Waals surface area contributed by atoms with Crippen LogP contribution in [0.4, 0.5) is 5.69 Å². The number of benzene rings is 2. The molecular weight excluding hydrogens is 376 g/mol. The summed E-state index contributed by atoms with van der Waals surface area (Å²) >= 11 is 0. The van der Waals surface area contributed by atoms with Crippen LogP contribution in [0.25, 0.3) is 11.1 Å². The number of aryl methyl sites for hydroxylation is 1. The number of aromatic nitrogens is 1. The van der Waals surface area contributed by atoms with Crippen molar-refractivity contribution in [3.8, 4) is 5.75 Å². The SMILES string of the molecule is CCOc1ccccc1NC(=O)[C@@H](C)OC(=O)CCn1c(=O)oc2ccccc21. The molecule has 8 nitrogen and oxygen atoms in total. The van der Waals surface area contributed by atoms with Crippen LogP contribution in [0, 0.1) is 0 Å². The lowest BCUT2D eigenvalue weighted by atomic mass is 10.2. The van der Waals surface area contributed by atoms with E-state index in [-0.39, 0.29) is 13.0 Å². The van der Waals surface area contributed by atoms with Crippen molar-refractivity contribution in [3.05, 3.63) is 59.1 Å². The van der Waals surface area contributed by atoms with E-state index in [0.717, 1.165) is 0 Å². The zero-order chi connectivity index (χ0) is 20.8. The van der Waals surface area contributed by atoms with Gasteiger partial charge < -0.3 is 19.2 Å². The number of oxazole rings is 1. The highest BCUT2D eigenvalue weighted by atomic mass is 16.5. The number of hydrogen-bond donors (Lipinski definition) is 1. The highest BCUT2D eigenvalue weighted by Crippen LogP contribution is 2.24. The first-order valence-electron chi connectivity index (χ1n) is 9.30. The number of carbonyl (C=O) groups excluding carboxylic acids is 2. The number of carbonyl (C=O) groups is 2. The van der Waals surface area contributed by atoms with Gasteiger partial charge in [0, 0.05) is 6.54 Å². The quantitative estimate of drug-likeness (QED) is 0.586. The molecule has 8 heteroatoms. The first-order valence-corrected chi connectivity index (χ1v) is 9.30. The standard InChI is InChI=1S/C21H22N2O6/c1-3-27-17-10-6-4-8-15(17)22-20(25)14(2)28-19(24)12-13-23-16-9-5-7-11-18(16)29-21(23)26/h4-11,14H,3,12-13H2,1-2H3,(H,22,25)/t14-/m1/s1. The van der Waals surface area contributed by atoms with Crippen molar-refractivity contribution in [3.63, 3.8) is 0 Å². The van der Waals surface area contributed by atoms with Crippen LogP contribution < -0.4 is 15.8 Å². The topological polar surface area (TPSA) is 99.8 Å². The van der Waals surface area contributed by atoms with E-state index in [1.807, 2.05) is 6.92 Å². The van der Waals surface area contributed by atoms with Crippen LogP contribution in [-0.2, 0) is 20.9 Å². The van der Waals surface area contributed by atoms with E-state index in [0.29, 0.717) is 29.1 Å². The second kappa shape index (κ2) is 9.09. The Hall–Kier alpha value is -3.55. The summed E-state index contributed by atoms with van der Waals surface area (Å²) in [5.41, 5.74) is 1.55. The molecule has 0 spiro atoms. The molecule has 1 aromatic heterocycles. The number of nitrogens with zero attached hydrogens (tertiary/aromatic N) is 1. The Bertz CT molecular complexity index is 1070. The van der Waals surface area contributed by atoms with Crippen molar-refractivity contribution < 1.29 is 23.5 Å². The summed E-state index contributed by atoms with van der Waals surface area (Å²) in [4.78, 5) is 36.4. The zero-order valence-electron chi connectivity index (χ0n) is 16.2. The van der Waals surface area contributed by atoms with E-state index in [1.165, 1.54) is 11.5 Å². The van der Waals surface area contributed by atoms with Gasteiger partial charge in [0.1, 0.15) is 5.75 Å². The number of para-hydroxylation sites is 4. The van der Waals surface area contributed by atoms with Gasteiger partial charge in [-0.2, -0.15) is 0 Å². The van der Waals surface area contributed by atoms with Gasteiger partial charge >= 0.3 is 11.7 Å². The second-order valence-corrected chi connectivity index (χ2v) is 6.29. The molecule has 0 unspecified atom stereocenters. The number of esters is 1. The Balaban J connectivity index is 1.57. The number of rotatable bonds is 8. The first kappa shape index (κ1) is 20.2. The van der Waals surface area contributed by atoms with E-state index in [2.05, 4.69) is 5.32 Å². The average Bonchev–Trinajstić information content (AvgIpc) is 3.03. The van der Waals surface area contributed by atoms with Crippen molar-refractivity contribution >= 4 is 28.7 Å². The molecule has 152 valence electrons. The number of anilines is 1. The molecule has 0 fully saturated rings. The van der Waals surface area contributed by atoms with Gasteiger partial charge in [-0.1, -0.05) is 24.3 Å². The fourth-order valence-corrected chi connectivity index (χ4v) is 2.82. The molecule has 0 saturated heterocycles. The van der Waals surface area contributed by atoms with Gasteiger partial charge in [0.2, 0.25) is 0 Å². The third-order valence-corrected chi connectivity index (χ3v) is 4.24. The van der Waals surface area contributed by atoms with Gasteiger partial charge in [-0.25, -0.2) is 4.79 Å². The smallest absolute Gasteiger partial charge is 0.419 e.